The van der Waals surface area contributed by atoms with Gasteiger partial charge in [-0.05, 0) is 56.6 Å². The van der Waals surface area contributed by atoms with E-state index < -0.39 is 16.0 Å². The van der Waals surface area contributed by atoms with Gasteiger partial charge < -0.3 is 25.2 Å². The zero-order valence-electron chi connectivity index (χ0n) is 16.7. The van der Waals surface area contributed by atoms with Crippen LogP contribution in [0.3, 0.4) is 0 Å². The van der Waals surface area contributed by atoms with Crippen LogP contribution in [0.5, 0.6) is 0 Å². The third-order valence-corrected chi connectivity index (χ3v) is 6.45. The van der Waals surface area contributed by atoms with E-state index in [9.17, 15) is 23.1 Å². The first kappa shape index (κ1) is 22.0. The predicted octanol–water partition coefficient (Wildman–Crippen LogP) is 0.576. The zero-order chi connectivity index (χ0) is 21.7. The molecule has 162 valence electrons. The molecule has 0 aliphatic carbocycles. The van der Waals surface area contributed by atoms with E-state index in [1.54, 1.807) is 31.3 Å². The molecule has 1 aliphatic heterocycles. The molecule has 0 unspecified atom stereocenters. The highest BCUT2D eigenvalue weighted by molar-refractivity contribution is 7.89. The van der Waals surface area contributed by atoms with Crippen LogP contribution < -0.4 is 20.7 Å². The van der Waals surface area contributed by atoms with E-state index in [0.29, 0.717) is 28.2 Å². The topological polar surface area (TPSA) is 147 Å². The minimum atomic E-state index is -3.59. The minimum Gasteiger partial charge on any atom is -0.550 e. The maximum absolute atomic E-state index is 12.7. The van der Waals surface area contributed by atoms with Crippen molar-refractivity contribution < 1.29 is 18.3 Å². The number of piperidine rings is 1. The van der Waals surface area contributed by atoms with E-state index >= 15 is 0 Å². The summed E-state index contributed by atoms with van der Waals surface area (Å²) >= 11 is 0. The van der Waals surface area contributed by atoms with Crippen molar-refractivity contribution in [3.8, 4) is 0 Å². The summed E-state index contributed by atoms with van der Waals surface area (Å²) in [6.07, 6.45) is 4.08. The Morgan fingerprint density at radius 2 is 1.93 bits per heavy atom. The number of carboxylic acid groups (broad SMARTS) is 1. The fraction of sp³-hybridized carbons (Fsp3) is 0.400. The van der Waals surface area contributed by atoms with E-state index in [2.05, 4.69) is 20.0 Å². The molecule has 0 saturated carbocycles. The molecule has 9 nitrogen and oxygen atoms in total. The number of fused-ring (bicyclic) bond motifs is 3. The van der Waals surface area contributed by atoms with Crippen LogP contribution >= 0.6 is 0 Å². The maximum Gasteiger partial charge on any atom is 0.272 e. The minimum absolute atomic E-state index is 0.0465. The smallest absolute Gasteiger partial charge is 0.272 e. The highest BCUT2D eigenvalue weighted by Crippen LogP contribution is 2.24. The van der Waals surface area contributed by atoms with Gasteiger partial charge >= 0.3 is 0 Å². The normalized spacial score (nSPS) is 15.1. The highest BCUT2D eigenvalue weighted by Gasteiger charge is 2.22. The number of benzene rings is 1. The molecule has 1 aliphatic rings. The van der Waals surface area contributed by atoms with Crippen LogP contribution in [-0.2, 0) is 14.8 Å². The van der Waals surface area contributed by atoms with Gasteiger partial charge in [-0.3, -0.25) is 4.79 Å². The SMILES string of the molecule is CCCC(=O)[O-].O=c1[nH]c2ccc(S(=O)(=O)NC3CCNCC3)cc2c2cc[nH]c12. The summed E-state index contributed by atoms with van der Waals surface area (Å²) < 4.78 is 28.1. The third kappa shape index (κ3) is 5.07. The van der Waals surface area contributed by atoms with E-state index in [1.165, 1.54) is 6.07 Å². The summed E-state index contributed by atoms with van der Waals surface area (Å²) in [5.74, 6) is -0.961. The second-order valence-electron chi connectivity index (χ2n) is 7.20. The van der Waals surface area contributed by atoms with Gasteiger partial charge in [0.15, 0.2) is 0 Å². The average molecular weight is 434 g/mol. The quantitative estimate of drug-likeness (QED) is 0.463. The molecule has 2 aromatic heterocycles. The van der Waals surface area contributed by atoms with Gasteiger partial charge in [0, 0.05) is 34.5 Å². The molecule has 4 N–H and O–H groups in total. The Morgan fingerprint density at radius 1 is 1.20 bits per heavy atom. The van der Waals surface area contributed by atoms with Gasteiger partial charge in [0.05, 0.1) is 4.90 Å². The second kappa shape index (κ2) is 9.41. The first-order chi connectivity index (χ1) is 14.3. The number of sulfonamides is 1. The first-order valence-corrected chi connectivity index (χ1v) is 11.4. The summed E-state index contributed by atoms with van der Waals surface area (Å²) in [7, 11) is -3.59. The Bertz CT molecular complexity index is 1190. The van der Waals surface area contributed by atoms with Crippen molar-refractivity contribution in [2.45, 2.75) is 43.5 Å². The van der Waals surface area contributed by atoms with Crippen molar-refractivity contribution in [1.29, 1.82) is 0 Å². The van der Waals surface area contributed by atoms with Crippen LogP contribution in [0.2, 0.25) is 0 Å². The second-order valence-corrected chi connectivity index (χ2v) is 8.91. The largest absolute Gasteiger partial charge is 0.550 e. The number of carbonyl (C=O) groups is 1. The number of H-pyrrole nitrogens is 2. The Labute approximate surface area is 173 Å². The summed E-state index contributed by atoms with van der Waals surface area (Å²) in [4.78, 5) is 27.3. The van der Waals surface area contributed by atoms with E-state index in [4.69, 9.17) is 0 Å². The molecule has 3 aromatic rings. The number of aromatic amines is 2. The molecule has 1 saturated heterocycles. The Morgan fingerprint density at radius 3 is 2.57 bits per heavy atom. The van der Waals surface area contributed by atoms with Gasteiger partial charge in [-0.2, -0.15) is 0 Å². The maximum atomic E-state index is 12.7. The highest BCUT2D eigenvalue weighted by atomic mass is 32.2. The van der Waals surface area contributed by atoms with Crippen molar-refractivity contribution in [3.05, 3.63) is 40.8 Å². The number of carboxylic acids is 1. The Kier molecular flexibility index (Phi) is 6.91. The molecule has 0 spiro atoms. The predicted molar refractivity (Wildman–Crippen MR) is 113 cm³/mol. The van der Waals surface area contributed by atoms with Crippen LogP contribution in [0.1, 0.15) is 32.6 Å². The van der Waals surface area contributed by atoms with Gasteiger partial charge in [0.2, 0.25) is 10.0 Å². The van der Waals surface area contributed by atoms with E-state index in [1.807, 2.05) is 0 Å². The monoisotopic (exact) mass is 433 g/mol. The first-order valence-electron chi connectivity index (χ1n) is 9.88. The van der Waals surface area contributed by atoms with Crippen LogP contribution in [0.15, 0.2) is 40.2 Å². The lowest BCUT2D eigenvalue weighted by Crippen LogP contribution is -2.42. The van der Waals surface area contributed by atoms with Gasteiger partial charge in [0.1, 0.15) is 5.52 Å². The number of pyridine rings is 1. The third-order valence-electron chi connectivity index (χ3n) is 4.93. The molecule has 4 rings (SSSR count). The number of aromatic nitrogens is 2. The molecule has 0 atom stereocenters. The summed E-state index contributed by atoms with van der Waals surface area (Å²) in [5, 5.41) is 14.1. The Hall–Kier alpha value is -2.69. The summed E-state index contributed by atoms with van der Waals surface area (Å²) in [6.45, 7) is 3.43. The van der Waals surface area contributed by atoms with Crippen molar-refractivity contribution in [2.75, 3.05) is 13.1 Å². The molecule has 0 bridgehead atoms. The van der Waals surface area contributed by atoms with Crippen molar-refractivity contribution in [2.24, 2.45) is 0 Å². The zero-order valence-corrected chi connectivity index (χ0v) is 17.5. The fourth-order valence-corrected chi connectivity index (χ4v) is 4.75. The number of nitrogens with one attached hydrogen (secondary N) is 4. The molecular weight excluding hydrogens is 408 g/mol. The molecular formula is C20H25N4O5S-. The van der Waals surface area contributed by atoms with Crippen molar-refractivity contribution in [3.63, 3.8) is 0 Å². The van der Waals surface area contributed by atoms with Gasteiger partial charge in [0.25, 0.3) is 5.56 Å². The number of hydrogen-bond acceptors (Lipinski definition) is 6. The van der Waals surface area contributed by atoms with Gasteiger partial charge in [-0.15, -0.1) is 0 Å². The lowest BCUT2D eigenvalue weighted by molar-refractivity contribution is -0.305. The van der Waals surface area contributed by atoms with Crippen LogP contribution in [0.25, 0.3) is 21.8 Å². The van der Waals surface area contributed by atoms with E-state index in [0.717, 1.165) is 25.9 Å². The molecule has 30 heavy (non-hydrogen) atoms. The molecule has 10 heteroatoms. The molecule has 0 radical (unpaired) electrons. The van der Waals surface area contributed by atoms with Gasteiger partial charge in [-0.1, -0.05) is 13.3 Å². The number of carbonyl (C=O) groups excluding carboxylic acids is 1. The van der Waals surface area contributed by atoms with Crippen LogP contribution in [0, 0.1) is 0 Å². The number of hydrogen-bond donors (Lipinski definition) is 4. The fourth-order valence-electron chi connectivity index (χ4n) is 3.42. The standard InChI is InChI=1S/C16H18N4O3S.C4H8O2/c21-16-15-12(5-8-18-15)13-9-11(1-2-14(13)19-16)24(22,23)20-10-3-6-17-7-4-10;1-2-3-4(5)6/h1-2,5,8-10,17-18,20H,3-4,6-7H2,(H,19,21);2-3H2,1H3,(H,5,6)/p-1. The molecule has 0 amide bonds. The number of aliphatic carboxylic acids is 1. The van der Waals surface area contributed by atoms with Gasteiger partial charge in [-0.25, -0.2) is 13.1 Å². The van der Waals surface area contributed by atoms with Crippen molar-refractivity contribution >= 4 is 37.8 Å². The summed E-state index contributed by atoms with van der Waals surface area (Å²) in [5.41, 5.74) is 0.849. The van der Waals surface area contributed by atoms with E-state index in [-0.39, 0.29) is 22.9 Å². The lowest BCUT2D eigenvalue weighted by Gasteiger charge is -2.23. The Balaban J connectivity index is 0.000000377. The molecule has 1 aromatic carbocycles. The summed E-state index contributed by atoms with van der Waals surface area (Å²) in [6, 6.07) is 6.52. The average Bonchev–Trinajstić information content (AvgIpc) is 3.19. The van der Waals surface area contributed by atoms with Crippen LogP contribution in [-0.4, -0.2) is 43.5 Å². The van der Waals surface area contributed by atoms with Crippen LogP contribution in [0.4, 0.5) is 0 Å². The number of rotatable bonds is 5. The lowest BCUT2D eigenvalue weighted by atomic mass is 10.1. The molecule has 3 heterocycles. The molecule has 1 fully saturated rings. The van der Waals surface area contributed by atoms with Crippen molar-refractivity contribution in [1.82, 2.24) is 20.0 Å².